The number of carbonyl (C=O) groups is 1. The maximum Gasteiger partial charge on any atom is 0.241 e. The standard InChI is InChI=1S/C17H30N2O2/c1-11(2)15-17(20)19(13-9-6-10-14(13)21-3)16(18-15)12-7-4-5-8-12/h11-16,18H,4-10H2,1-3H3. The van der Waals surface area contributed by atoms with Gasteiger partial charge in [-0.2, -0.15) is 0 Å². The second kappa shape index (κ2) is 6.25. The minimum atomic E-state index is -0.00583. The second-order valence-electron chi connectivity index (χ2n) is 7.40. The van der Waals surface area contributed by atoms with Gasteiger partial charge in [-0.25, -0.2) is 0 Å². The minimum Gasteiger partial charge on any atom is -0.379 e. The highest BCUT2D eigenvalue weighted by atomic mass is 16.5. The lowest BCUT2D eigenvalue weighted by molar-refractivity contribution is -0.136. The highest BCUT2D eigenvalue weighted by molar-refractivity contribution is 5.85. The summed E-state index contributed by atoms with van der Waals surface area (Å²) in [5.41, 5.74) is 0. The maximum atomic E-state index is 13.0. The van der Waals surface area contributed by atoms with Crippen molar-refractivity contribution in [3.05, 3.63) is 0 Å². The summed E-state index contributed by atoms with van der Waals surface area (Å²) < 4.78 is 5.67. The predicted octanol–water partition coefficient (Wildman–Crippen LogP) is 2.53. The molecule has 3 rings (SSSR count). The Kier molecular flexibility index (Phi) is 4.55. The number of amides is 1. The molecule has 21 heavy (non-hydrogen) atoms. The number of hydrogen-bond donors (Lipinski definition) is 1. The van der Waals surface area contributed by atoms with Crippen molar-refractivity contribution < 1.29 is 9.53 Å². The van der Waals surface area contributed by atoms with Crippen molar-refractivity contribution in [3.63, 3.8) is 0 Å². The van der Waals surface area contributed by atoms with E-state index >= 15 is 0 Å². The first-order valence-electron chi connectivity index (χ1n) is 8.74. The first-order chi connectivity index (χ1) is 10.1. The summed E-state index contributed by atoms with van der Waals surface area (Å²) in [6.45, 7) is 4.29. The topological polar surface area (TPSA) is 41.6 Å². The quantitative estimate of drug-likeness (QED) is 0.866. The average Bonchev–Trinajstić information content (AvgIpc) is 3.16. The van der Waals surface area contributed by atoms with Crippen molar-refractivity contribution in [2.45, 2.75) is 83.1 Å². The Morgan fingerprint density at radius 1 is 1.14 bits per heavy atom. The number of ether oxygens (including phenoxy) is 1. The van der Waals surface area contributed by atoms with Gasteiger partial charge in [-0.15, -0.1) is 0 Å². The molecule has 1 saturated heterocycles. The lowest BCUT2D eigenvalue weighted by Crippen LogP contribution is -2.51. The third kappa shape index (κ3) is 2.72. The highest BCUT2D eigenvalue weighted by Gasteiger charge is 2.49. The van der Waals surface area contributed by atoms with Crippen LogP contribution in [0.5, 0.6) is 0 Å². The fourth-order valence-corrected chi connectivity index (χ4v) is 4.62. The molecule has 2 saturated carbocycles. The molecule has 0 aromatic rings. The van der Waals surface area contributed by atoms with Gasteiger partial charge in [-0.05, 0) is 43.9 Å². The van der Waals surface area contributed by atoms with Gasteiger partial charge in [0.2, 0.25) is 5.91 Å². The predicted molar refractivity (Wildman–Crippen MR) is 82.8 cm³/mol. The Hall–Kier alpha value is -0.610. The van der Waals surface area contributed by atoms with Gasteiger partial charge in [0.25, 0.3) is 0 Å². The van der Waals surface area contributed by atoms with Crippen LogP contribution >= 0.6 is 0 Å². The third-order valence-corrected chi connectivity index (χ3v) is 5.76. The molecule has 4 unspecified atom stereocenters. The van der Waals surface area contributed by atoms with E-state index in [0.29, 0.717) is 17.7 Å². The maximum absolute atomic E-state index is 13.0. The number of rotatable bonds is 4. The van der Waals surface area contributed by atoms with Gasteiger partial charge in [0, 0.05) is 7.11 Å². The SMILES string of the molecule is COC1CCCC1N1C(=O)C(C(C)C)NC1C1CCCC1. The van der Waals surface area contributed by atoms with E-state index in [2.05, 4.69) is 24.1 Å². The van der Waals surface area contributed by atoms with E-state index in [-0.39, 0.29) is 24.4 Å². The van der Waals surface area contributed by atoms with Crippen LogP contribution in [0.2, 0.25) is 0 Å². The van der Waals surface area contributed by atoms with Gasteiger partial charge < -0.3 is 9.64 Å². The molecule has 3 fully saturated rings. The number of methoxy groups -OCH3 is 1. The Labute approximate surface area is 128 Å². The molecule has 2 aliphatic carbocycles. The zero-order valence-corrected chi connectivity index (χ0v) is 13.7. The molecule has 1 aliphatic heterocycles. The summed E-state index contributed by atoms with van der Waals surface area (Å²) in [6.07, 6.45) is 8.99. The lowest BCUT2D eigenvalue weighted by Gasteiger charge is -2.36. The van der Waals surface area contributed by atoms with Crippen LogP contribution in [0, 0.1) is 11.8 Å². The Balaban J connectivity index is 1.83. The smallest absolute Gasteiger partial charge is 0.241 e. The summed E-state index contributed by atoms with van der Waals surface area (Å²) in [6, 6.07) is 0.276. The molecular weight excluding hydrogens is 264 g/mol. The monoisotopic (exact) mass is 294 g/mol. The number of nitrogens with one attached hydrogen (secondary N) is 1. The fourth-order valence-electron chi connectivity index (χ4n) is 4.62. The molecule has 4 nitrogen and oxygen atoms in total. The van der Waals surface area contributed by atoms with Crippen molar-refractivity contribution in [2.24, 2.45) is 11.8 Å². The first kappa shape index (κ1) is 15.3. The Bertz CT molecular complexity index is 379. The van der Waals surface area contributed by atoms with E-state index < -0.39 is 0 Å². The van der Waals surface area contributed by atoms with Gasteiger partial charge >= 0.3 is 0 Å². The zero-order chi connectivity index (χ0) is 15.0. The number of nitrogens with zero attached hydrogens (tertiary/aromatic N) is 1. The van der Waals surface area contributed by atoms with E-state index in [1.54, 1.807) is 7.11 Å². The van der Waals surface area contributed by atoms with Crippen molar-refractivity contribution in [1.29, 1.82) is 0 Å². The summed E-state index contributed by atoms with van der Waals surface area (Å²) in [5, 5.41) is 3.67. The van der Waals surface area contributed by atoms with Gasteiger partial charge in [-0.3, -0.25) is 10.1 Å². The second-order valence-corrected chi connectivity index (χ2v) is 7.40. The minimum absolute atomic E-state index is 0.00583. The number of carbonyl (C=O) groups excluding carboxylic acids is 1. The normalized spacial score (nSPS) is 38.1. The molecule has 0 radical (unpaired) electrons. The molecule has 0 spiro atoms. The van der Waals surface area contributed by atoms with Crippen LogP contribution in [0.4, 0.5) is 0 Å². The first-order valence-corrected chi connectivity index (χ1v) is 8.74. The van der Waals surface area contributed by atoms with Crippen molar-refractivity contribution >= 4 is 5.91 Å². The average molecular weight is 294 g/mol. The molecule has 4 atom stereocenters. The molecule has 4 heteroatoms. The summed E-state index contributed by atoms with van der Waals surface area (Å²) in [7, 11) is 1.79. The summed E-state index contributed by atoms with van der Waals surface area (Å²) in [4.78, 5) is 15.2. The van der Waals surface area contributed by atoms with Gasteiger partial charge in [0.15, 0.2) is 0 Å². The van der Waals surface area contributed by atoms with Crippen LogP contribution in [0.3, 0.4) is 0 Å². The van der Waals surface area contributed by atoms with E-state index in [0.717, 1.165) is 12.8 Å². The zero-order valence-electron chi connectivity index (χ0n) is 13.7. The van der Waals surface area contributed by atoms with E-state index in [1.165, 1.54) is 32.1 Å². The van der Waals surface area contributed by atoms with Crippen LogP contribution in [-0.4, -0.2) is 42.3 Å². The Morgan fingerprint density at radius 3 is 2.48 bits per heavy atom. The highest BCUT2D eigenvalue weighted by Crippen LogP contribution is 2.37. The molecule has 3 aliphatic rings. The molecule has 1 amide bonds. The molecule has 1 N–H and O–H groups in total. The van der Waals surface area contributed by atoms with E-state index in [4.69, 9.17) is 4.74 Å². The van der Waals surface area contributed by atoms with E-state index in [9.17, 15) is 4.79 Å². The van der Waals surface area contributed by atoms with E-state index in [1.807, 2.05) is 0 Å². The van der Waals surface area contributed by atoms with Gasteiger partial charge in [0.1, 0.15) is 0 Å². The largest absolute Gasteiger partial charge is 0.379 e. The lowest BCUT2D eigenvalue weighted by atomic mass is 10.0. The third-order valence-electron chi connectivity index (χ3n) is 5.76. The fraction of sp³-hybridized carbons (Fsp3) is 0.941. The molecule has 0 aromatic carbocycles. The van der Waals surface area contributed by atoms with Gasteiger partial charge in [0.05, 0.1) is 24.4 Å². The van der Waals surface area contributed by atoms with Crippen molar-refractivity contribution in [2.75, 3.05) is 7.11 Å². The molecule has 0 bridgehead atoms. The molecular formula is C17H30N2O2. The van der Waals surface area contributed by atoms with Crippen molar-refractivity contribution in [1.82, 2.24) is 10.2 Å². The van der Waals surface area contributed by atoms with Crippen LogP contribution in [-0.2, 0) is 9.53 Å². The van der Waals surface area contributed by atoms with Crippen molar-refractivity contribution in [3.8, 4) is 0 Å². The van der Waals surface area contributed by atoms with Crippen LogP contribution in [0.15, 0.2) is 0 Å². The molecule has 120 valence electrons. The van der Waals surface area contributed by atoms with Gasteiger partial charge in [-0.1, -0.05) is 26.7 Å². The number of hydrogen-bond acceptors (Lipinski definition) is 3. The Morgan fingerprint density at radius 2 is 1.86 bits per heavy atom. The van der Waals surface area contributed by atoms with Crippen LogP contribution in [0.25, 0.3) is 0 Å². The molecule has 0 aromatic heterocycles. The van der Waals surface area contributed by atoms with Crippen LogP contribution in [0.1, 0.15) is 58.8 Å². The van der Waals surface area contributed by atoms with Crippen LogP contribution < -0.4 is 5.32 Å². The summed E-state index contributed by atoms with van der Waals surface area (Å²) >= 11 is 0. The molecule has 1 heterocycles. The summed E-state index contributed by atoms with van der Waals surface area (Å²) in [5.74, 6) is 1.31.